The van der Waals surface area contributed by atoms with Crippen LogP contribution in [0.2, 0.25) is 10.0 Å². The van der Waals surface area contributed by atoms with Gasteiger partial charge in [-0.2, -0.15) is 10.2 Å². The first-order valence-electron chi connectivity index (χ1n) is 15.6. The fraction of sp³-hybridized carbons (Fsp3) is 0.457. The summed E-state index contributed by atoms with van der Waals surface area (Å²) < 4.78 is 16.8. The van der Waals surface area contributed by atoms with Crippen molar-refractivity contribution in [2.75, 3.05) is 13.2 Å². The summed E-state index contributed by atoms with van der Waals surface area (Å²) in [5.74, 6) is 0.981. The Bertz CT molecular complexity index is 1240. The molecule has 0 aliphatic carbocycles. The van der Waals surface area contributed by atoms with E-state index < -0.39 is 5.97 Å². The van der Waals surface area contributed by atoms with Gasteiger partial charge >= 0.3 is 5.97 Å². The van der Waals surface area contributed by atoms with E-state index in [0.29, 0.717) is 30.2 Å². The summed E-state index contributed by atoms with van der Waals surface area (Å²) >= 11 is 12.7. The minimum atomic E-state index is -0.569. The zero-order valence-corrected chi connectivity index (χ0v) is 27.0. The monoisotopic (exact) mass is 626 g/mol. The van der Waals surface area contributed by atoms with E-state index in [1.165, 1.54) is 70.6 Å². The lowest BCUT2D eigenvalue weighted by atomic mass is 10.1. The average molecular weight is 628 g/mol. The molecule has 0 spiro atoms. The van der Waals surface area contributed by atoms with Crippen molar-refractivity contribution < 1.29 is 19.0 Å². The van der Waals surface area contributed by atoms with Crippen molar-refractivity contribution in [3.63, 3.8) is 0 Å². The Labute approximate surface area is 266 Å². The maximum absolute atomic E-state index is 12.8. The summed E-state index contributed by atoms with van der Waals surface area (Å²) in [6, 6.07) is 17.2. The number of carbonyl (C=O) groups is 1. The zero-order valence-electron chi connectivity index (χ0n) is 25.5. The Morgan fingerprint density at radius 3 is 1.67 bits per heavy atom. The summed E-state index contributed by atoms with van der Waals surface area (Å²) in [6.45, 7) is 5.44. The molecule has 0 saturated carbocycles. The standard InChI is InChI=1S/C35H44Cl2N2O4/c1-3-5-6-7-8-9-10-11-12-13-14-15-24-42-31-20-16-27(17-21-31)35(40)43-34-32(36)25-29(26-33(34)37)39-38-28-18-22-30(23-19-28)41-4-2/h16-23,25-26H,3-15,24H2,1-2H3. The highest BCUT2D eigenvalue weighted by atomic mass is 35.5. The number of benzene rings is 3. The number of esters is 1. The van der Waals surface area contributed by atoms with Crippen LogP contribution in [-0.4, -0.2) is 19.2 Å². The second-order valence-electron chi connectivity index (χ2n) is 10.5. The molecular weight excluding hydrogens is 583 g/mol. The maximum atomic E-state index is 12.8. The lowest BCUT2D eigenvalue weighted by molar-refractivity contribution is 0.0735. The van der Waals surface area contributed by atoms with Gasteiger partial charge in [-0.3, -0.25) is 0 Å². The summed E-state index contributed by atoms with van der Waals surface area (Å²) in [4.78, 5) is 12.8. The fourth-order valence-electron chi connectivity index (χ4n) is 4.56. The molecule has 232 valence electrons. The topological polar surface area (TPSA) is 69.5 Å². The van der Waals surface area contributed by atoms with E-state index in [0.717, 1.165) is 17.9 Å². The van der Waals surface area contributed by atoms with Crippen molar-refractivity contribution in [3.8, 4) is 17.2 Å². The first-order valence-corrected chi connectivity index (χ1v) is 16.3. The molecule has 0 aliphatic rings. The van der Waals surface area contributed by atoms with Gasteiger partial charge < -0.3 is 14.2 Å². The lowest BCUT2D eigenvalue weighted by Crippen LogP contribution is -2.09. The number of rotatable bonds is 20. The molecule has 0 unspecified atom stereocenters. The van der Waals surface area contributed by atoms with Crippen LogP contribution in [-0.2, 0) is 0 Å². The molecule has 0 radical (unpaired) electrons. The molecule has 0 atom stereocenters. The third-order valence-corrected chi connectivity index (χ3v) is 7.52. The predicted octanol–water partition coefficient (Wildman–Crippen LogP) is 12.1. The van der Waals surface area contributed by atoms with Gasteiger partial charge in [0.2, 0.25) is 0 Å². The zero-order chi connectivity index (χ0) is 30.7. The van der Waals surface area contributed by atoms with E-state index >= 15 is 0 Å². The summed E-state index contributed by atoms with van der Waals surface area (Å²) in [7, 11) is 0. The molecule has 0 amide bonds. The second kappa shape index (κ2) is 20.0. The maximum Gasteiger partial charge on any atom is 0.343 e. The second-order valence-corrected chi connectivity index (χ2v) is 11.3. The number of unbranched alkanes of at least 4 members (excludes halogenated alkanes) is 11. The van der Waals surface area contributed by atoms with Crippen LogP contribution >= 0.6 is 23.2 Å². The summed E-state index contributed by atoms with van der Waals surface area (Å²) in [5.41, 5.74) is 1.44. The van der Waals surface area contributed by atoms with Crippen LogP contribution in [0.25, 0.3) is 0 Å². The third kappa shape index (κ3) is 13.0. The smallest absolute Gasteiger partial charge is 0.343 e. The first-order chi connectivity index (χ1) is 21.0. The number of ether oxygens (including phenoxy) is 3. The van der Waals surface area contributed by atoms with E-state index in [-0.39, 0.29) is 15.8 Å². The normalized spacial score (nSPS) is 11.2. The van der Waals surface area contributed by atoms with E-state index in [1.807, 2.05) is 19.1 Å². The van der Waals surface area contributed by atoms with Gasteiger partial charge in [-0.25, -0.2) is 4.79 Å². The van der Waals surface area contributed by atoms with Crippen LogP contribution in [0.4, 0.5) is 11.4 Å². The van der Waals surface area contributed by atoms with Gasteiger partial charge in [-0.05, 0) is 74.0 Å². The van der Waals surface area contributed by atoms with Crippen LogP contribution in [0.1, 0.15) is 101 Å². The fourth-order valence-corrected chi connectivity index (χ4v) is 5.12. The molecule has 0 aliphatic heterocycles. The third-order valence-electron chi connectivity index (χ3n) is 6.96. The van der Waals surface area contributed by atoms with Gasteiger partial charge in [0, 0.05) is 0 Å². The number of halogens is 2. The van der Waals surface area contributed by atoms with E-state index in [2.05, 4.69) is 17.2 Å². The lowest BCUT2D eigenvalue weighted by Gasteiger charge is -2.10. The number of carbonyl (C=O) groups excluding carboxylic acids is 1. The molecule has 0 aromatic heterocycles. The minimum absolute atomic E-state index is 0.0700. The highest BCUT2D eigenvalue weighted by Crippen LogP contribution is 2.38. The highest BCUT2D eigenvalue weighted by Gasteiger charge is 2.16. The molecule has 3 rings (SSSR count). The van der Waals surface area contributed by atoms with Crippen molar-refractivity contribution in [2.45, 2.75) is 90.9 Å². The van der Waals surface area contributed by atoms with Crippen LogP contribution in [0.5, 0.6) is 17.2 Å². The van der Waals surface area contributed by atoms with E-state index in [9.17, 15) is 4.79 Å². The van der Waals surface area contributed by atoms with Crippen molar-refractivity contribution in [1.29, 1.82) is 0 Å². The number of nitrogens with zero attached hydrogens (tertiary/aromatic N) is 2. The highest BCUT2D eigenvalue weighted by molar-refractivity contribution is 6.37. The average Bonchev–Trinajstić information content (AvgIpc) is 3.01. The molecule has 0 bridgehead atoms. The molecule has 0 heterocycles. The van der Waals surface area contributed by atoms with Gasteiger partial charge in [0.25, 0.3) is 0 Å². The van der Waals surface area contributed by atoms with E-state index in [4.69, 9.17) is 37.4 Å². The van der Waals surface area contributed by atoms with Crippen molar-refractivity contribution >= 4 is 40.5 Å². The molecule has 0 fully saturated rings. The first kappa shape index (κ1) is 34.4. The van der Waals surface area contributed by atoms with E-state index in [1.54, 1.807) is 48.5 Å². The molecule has 3 aromatic carbocycles. The van der Waals surface area contributed by atoms with Gasteiger partial charge in [-0.1, -0.05) is 101 Å². The van der Waals surface area contributed by atoms with Crippen molar-refractivity contribution in [1.82, 2.24) is 0 Å². The molecule has 0 saturated heterocycles. The number of azo groups is 1. The SMILES string of the molecule is CCCCCCCCCCCCCCOc1ccc(C(=O)Oc2c(Cl)cc(N=Nc3ccc(OCC)cc3)cc2Cl)cc1. The quantitative estimate of drug-likeness (QED) is 0.0541. The molecule has 0 N–H and O–H groups in total. The van der Waals surface area contributed by atoms with Gasteiger partial charge in [0.1, 0.15) is 11.5 Å². The Morgan fingerprint density at radius 1 is 0.628 bits per heavy atom. The summed E-state index contributed by atoms with van der Waals surface area (Å²) in [6.07, 6.45) is 15.7. The minimum Gasteiger partial charge on any atom is -0.494 e. The van der Waals surface area contributed by atoms with Gasteiger partial charge in [0.15, 0.2) is 5.75 Å². The molecule has 3 aromatic rings. The van der Waals surface area contributed by atoms with Crippen LogP contribution in [0.3, 0.4) is 0 Å². The predicted molar refractivity (Wildman–Crippen MR) is 176 cm³/mol. The summed E-state index contributed by atoms with van der Waals surface area (Å²) in [5, 5.41) is 8.70. The van der Waals surface area contributed by atoms with Gasteiger partial charge in [-0.15, -0.1) is 0 Å². The molecular formula is C35H44Cl2N2O4. The Hall–Kier alpha value is -3.09. The number of hydrogen-bond donors (Lipinski definition) is 0. The molecule has 8 heteroatoms. The Balaban J connectivity index is 1.37. The van der Waals surface area contributed by atoms with Crippen LogP contribution in [0.15, 0.2) is 70.9 Å². The Kier molecular flexibility index (Phi) is 16.0. The van der Waals surface area contributed by atoms with Crippen LogP contribution < -0.4 is 14.2 Å². The molecule has 6 nitrogen and oxygen atoms in total. The van der Waals surface area contributed by atoms with Gasteiger partial charge in [0.05, 0.1) is 40.2 Å². The Morgan fingerprint density at radius 2 is 1.12 bits per heavy atom. The largest absolute Gasteiger partial charge is 0.494 e. The number of hydrogen-bond acceptors (Lipinski definition) is 6. The van der Waals surface area contributed by atoms with Crippen molar-refractivity contribution in [3.05, 3.63) is 76.3 Å². The molecule has 43 heavy (non-hydrogen) atoms. The van der Waals surface area contributed by atoms with Crippen molar-refractivity contribution in [2.24, 2.45) is 10.2 Å². The van der Waals surface area contributed by atoms with Crippen LogP contribution in [0, 0.1) is 0 Å².